The lowest BCUT2D eigenvalue weighted by atomic mass is 9.72. The molecule has 0 aromatic heterocycles. The Labute approximate surface area is 88.7 Å². The van der Waals surface area contributed by atoms with Crippen molar-refractivity contribution in [3.63, 3.8) is 0 Å². The van der Waals surface area contributed by atoms with Crippen molar-refractivity contribution in [3.8, 4) is 0 Å². The third-order valence-electron chi connectivity index (χ3n) is 3.12. The number of hydrogen-bond acceptors (Lipinski definition) is 4. The minimum atomic E-state index is -1.78. The monoisotopic (exact) mass is 212 g/mol. The second-order valence-corrected chi connectivity index (χ2v) is 4.05. The molecule has 1 rings (SSSR count). The Morgan fingerprint density at radius 1 is 1.40 bits per heavy atom. The normalized spacial score (nSPS) is 22.6. The van der Waals surface area contributed by atoms with Crippen LogP contribution in [-0.4, -0.2) is 28.1 Å². The van der Waals surface area contributed by atoms with Gasteiger partial charge >= 0.3 is 0 Å². The Bertz CT molecular complexity index is 292. The highest BCUT2D eigenvalue weighted by Gasteiger charge is 2.48. The fourth-order valence-corrected chi connectivity index (χ4v) is 2.09. The molecule has 84 valence electrons. The standard InChI is InChI=1S/C11H16O4/c1-3-11(15,7(2)12)10-8(13)5-4-6-9(10)14/h10,15H,3-6H2,1-2H3. The Balaban J connectivity index is 3.05. The van der Waals surface area contributed by atoms with Crippen LogP contribution in [0, 0.1) is 5.92 Å². The van der Waals surface area contributed by atoms with Crippen molar-refractivity contribution in [2.45, 2.75) is 45.1 Å². The van der Waals surface area contributed by atoms with Crippen LogP contribution in [0.1, 0.15) is 39.5 Å². The summed E-state index contributed by atoms with van der Waals surface area (Å²) in [4.78, 5) is 34.5. The average molecular weight is 212 g/mol. The zero-order chi connectivity index (χ0) is 11.6. The van der Waals surface area contributed by atoms with Gasteiger partial charge < -0.3 is 5.11 Å². The summed E-state index contributed by atoms with van der Waals surface area (Å²) in [6.07, 6.45) is 1.20. The molecule has 1 N–H and O–H groups in total. The van der Waals surface area contributed by atoms with E-state index in [1.165, 1.54) is 6.92 Å². The van der Waals surface area contributed by atoms with Gasteiger partial charge in [-0.2, -0.15) is 0 Å². The van der Waals surface area contributed by atoms with Crippen LogP contribution >= 0.6 is 0 Å². The highest BCUT2D eigenvalue weighted by Crippen LogP contribution is 2.30. The first-order valence-corrected chi connectivity index (χ1v) is 5.22. The SMILES string of the molecule is CCC(O)(C(C)=O)C1C(=O)CCCC1=O. The maximum atomic E-state index is 11.6. The molecule has 15 heavy (non-hydrogen) atoms. The molecule has 0 aliphatic heterocycles. The molecule has 0 saturated heterocycles. The van der Waals surface area contributed by atoms with Crippen molar-refractivity contribution in [3.05, 3.63) is 0 Å². The molecule has 0 aromatic rings. The fourth-order valence-electron chi connectivity index (χ4n) is 2.09. The molecule has 0 bridgehead atoms. The summed E-state index contributed by atoms with van der Waals surface area (Å²) in [5, 5.41) is 10.1. The van der Waals surface area contributed by atoms with Gasteiger partial charge in [-0.25, -0.2) is 0 Å². The Morgan fingerprint density at radius 2 is 1.87 bits per heavy atom. The lowest BCUT2D eigenvalue weighted by Crippen LogP contribution is -2.52. The van der Waals surface area contributed by atoms with Crippen molar-refractivity contribution >= 4 is 17.3 Å². The van der Waals surface area contributed by atoms with Gasteiger partial charge in [-0.3, -0.25) is 14.4 Å². The molecule has 0 spiro atoms. The molecule has 1 saturated carbocycles. The van der Waals surface area contributed by atoms with Gasteiger partial charge in [-0.05, 0) is 19.8 Å². The minimum Gasteiger partial charge on any atom is -0.381 e. The smallest absolute Gasteiger partial charge is 0.162 e. The van der Waals surface area contributed by atoms with E-state index in [-0.39, 0.29) is 30.8 Å². The van der Waals surface area contributed by atoms with Crippen LogP contribution in [0.15, 0.2) is 0 Å². The first-order chi connectivity index (χ1) is 6.93. The van der Waals surface area contributed by atoms with E-state index in [1.54, 1.807) is 6.92 Å². The molecular weight excluding hydrogens is 196 g/mol. The zero-order valence-electron chi connectivity index (χ0n) is 9.08. The van der Waals surface area contributed by atoms with Gasteiger partial charge in [0.25, 0.3) is 0 Å². The van der Waals surface area contributed by atoms with Gasteiger partial charge in [0.05, 0.1) is 0 Å². The van der Waals surface area contributed by atoms with Gasteiger partial charge in [0, 0.05) is 12.8 Å². The number of carbonyl (C=O) groups is 3. The second kappa shape index (κ2) is 4.23. The number of aliphatic hydroxyl groups is 1. The van der Waals surface area contributed by atoms with Crippen molar-refractivity contribution < 1.29 is 19.5 Å². The maximum Gasteiger partial charge on any atom is 0.162 e. The first kappa shape index (κ1) is 12.0. The summed E-state index contributed by atoms with van der Waals surface area (Å²) in [5.74, 6) is -2.23. The van der Waals surface area contributed by atoms with E-state index < -0.39 is 17.3 Å². The number of carbonyl (C=O) groups excluding carboxylic acids is 3. The van der Waals surface area contributed by atoms with E-state index in [9.17, 15) is 19.5 Å². The summed E-state index contributed by atoms with van der Waals surface area (Å²) in [7, 11) is 0. The van der Waals surface area contributed by atoms with E-state index >= 15 is 0 Å². The number of rotatable bonds is 3. The molecule has 0 amide bonds. The molecule has 1 unspecified atom stereocenters. The molecule has 0 heterocycles. The topological polar surface area (TPSA) is 71.4 Å². The van der Waals surface area contributed by atoms with E-state index in [4.69, 9.17) is 0 Å². The molecule has 1 aliphatic carbocycles. The quantitative estimate of drug-likeness (QED) is 0.697. The van der Waals surface area contributed by atoms with Crippen LogP contribution in [0.5, 0.6) is 0 Å². The summed E-state index contributed by atoms with van der Waals surface area (Å²) in [5.41, 5.74) is -1.78. The first-order valence-electron chi connectivity index (χ1n) is 5.22. The van der Waals surface area contributed by atoms with Gasteiger partial charge in [0.1, 0.15) is 23.1 Å². The Hall–Kier alpha value is -1.03. The molecule has 1 aliphatic rings. The fraction of sp³-hybridized carbons (Fsp3) is 0.727. The van der Waals surface area contributed by atoms with Crippen LogP contribution in [0.25, 0.3) is 0 Å². The predicted octanol–water partition coefficient (Wildman–Crippen LogP) is 0.655. The summed E-state index contributed by atoms with van der Waals surface area (Å²) in [6.45, 7) is 2.83. The van der Waals surface area contributed by atoms with E-state index in [2.05, 4.69) is 0 Å². The van der Waals surface area contributed by atoms with Crippen LogP contribution in [0.4, 0.5) is 0 Å². The number of Topliss-reactive ketones (excluding diaryl/α,β-unsaturated/α-hetero) is 3. The van der Waals surface area contributed by atoms with Crippen molar-refractivity contribution in [2.75, 3.05) is 0 Å². The lowest BCUT2D eigenvalue weighted by molar-refractivity contribution is -0.158. The van der Waals surface area contributed by atoms with Gasteiger partial charge in [0.15, 0.2) is 5.78 Å². The minimum absolute atomic E-state index is 0.102. The molecule has 4 nitrogen and oxygen atoms in total. The third-order valence-corrected chi connectivity index (χ3v) is 3.12. The van der Waals surface area contributed by atoms with E-state index in [0.717, 1.165) is 0 Å². The Morgan fingerprint density at radius 3 is 2.20 bits per heavy atom. The number of hydrogen-bond donors (Lipinski definition) is 1. The van der Waals surface area contributed by atoms with Crippen molar-refractivity contribution in [1.29, 1.82) is 0 Å². The lowest BCUT2D eigenvalue weighted by Gasteiger charge is -2.33. The van der Waals surface area contributed by atoms with Crippen LogP contribution in [-0.2, 0) is 14.4 Å². The van der Waals surface area contributed by atoms with Crippen molar-refractivity contribution in [2.24, 2.45) is 5.92 Å². The van der Waals surface area contributed by atoms with Crippen LogP contribution in [0.2, 0.25) is 0 Å². The van der Waals surface area contributed by atoms with Gasteiger partial charge in [-0.1, -0.05) is 6.92 Å². The van der Waals surface area contributed by atoms with Crippen LogP contribution < -0.4 is 0 Å². The molecule has 4 heteroatoms. The summed E-state index contributed by atoms with van der Waals surface area (Å²) < 4.78 is 0. The number of ketones is 3. The van der Waals surface area contributed by atoms with Crippen molar-refractivity contribution in [1.82, 2.24) is 0 Å². The molecular formula is C11H16O4. The van der Waals surface area contributed by atoms with E-state index in [1.807, 2.05) is 0 Å². The molecule has 0 aromatic carbocycles. The average Bonchev–Trinajstić information content (AvgIpc) is 2.16. The molecule has 1 atom stereocenters. The zero-order valence-corrected chi connectivity index (χ0v) is 9.08. The van der Waals surface area contributed by atoms with Gasteiger partial charge in [0.2, 0.25) is 0 Å². The van der Waals surface area contributed by atoms with Gasteiger partial charge in [-0.15, -0.1) is 0 Å². The molecule has 0 radical (unpaired) electrons. The Kier molecular flexibility index (Phi) is 3.39. The molecule has 1 fully saturated rings. The maximum absolute atomic E-state index is 11.6. The van der Waals surface area contributed by atoms with Crippen LogP contribution in [0.3, 0.4) is 0 Å². The predicted molar refractivity (Wildman–Crippen MR) is 53.3 cm³/mol. The largest absolute Gasteiger partial charge is 0.381 e. The summed E-state index contributed by atoms with van der Waals surface area (Å²) in [6, 6.07) is 0. The summed E-state index contributed by atoms with van der Waals surface area (Å²) >= 11 is 0. The highest BCUT2D eigenvalue weighted by molar-refractivity contribution is 6.10. The van der Waals surface area contributed by atoms with E-state index in [0.29, 0.717) is 6.42 Å². The second-order valence-electron chi connectivity index (χ2n) is 4.05. The highest BCUT2D eigenvalue weighted by atomic mass is 16.3. The third kappa shape index (κ3) is 2.00.